The normalized spacial score (nSPS) is 14.3. The fourth-order valence-electron chi connectivity index (χ4n) is 5.33. The Morgan fingerprint density at radius 3 is 2.68 bits per heavy atom. The van der Waals surface area contributed by atoms with Crippen LogP contribution in [0.25, 0.3) is 27.5 Å². The van der Waals surface area contributed by atoms with E-state index in [4.69, 9.17) is 10.8 Å². The van der Waals surface area contributed by atoms with Crippen molar-refractivity contribution in [2.45, 2.75) is 25.3 Å². The average molecular weight is 493 g/mol. The maximum atomic E-state index is 11.4. The Labute approximate surface area is 212 Å². The van der Waals surface area contributed by atoms with Gasteiger partial charge in [0.1, 0.15) is 17.9 Å². The fraction of sp³-hybridized carbons (Fsp3) is 0.222. The van der Waals surface area contributed by atoms with Gasteiger partial charge in [-0.25, -0.2) is 14.3 Å². The Hall–Kier alpha value is -4.91. The van der Waals surface area contributed by atoms with Gasteiger partial charge in [-0.15, -0.1) is 0 Å². The Kier molecular flexibility index (Phi) is 5.45. The highest BCUT2D eigenvalue weighted by Gasteiger charge is 2.31. The highest BCUT2D eigenvalue weighted by Crippen LogP contribution is 2.41. The summed E-state index contributed by atoms with van der Waals surface area (Å²) in [5, 5.41) is 29.9. The first-order valence-corrected chi connectivity index (χ1v) is 12.1. The SMILES string of the molecule is N#Cc1c(-c2ccc3cn(Cc4ccccc4)nc3c2)c2c(N)ncnn2c1C1CCN(C(=O)O)CC1. The maximum Gasteiger partial charge on any atom is 0.407 e. The Bertz CT molecular complexity index is 1670. The number of nitrogens with zero attached hydrogens (tertiary/aromatic N) is 7. The monoisotopic (exact) mass is 492 g/mol. The zero-order valence-corrected chi connectivity index (χ0v) is 19.9. The molecule has 4 heterocycles. The number of piperidine rings is 1. The molecule has 10 nitrogen and oxygen atoms in total. The molecule has 37 heavy (non-hydrogen) atoms. The van der Waals surface area contributed by atoms with E-state index in [1.807, 2.05) is 47.3 Å². The second-order valence-electron chi connectivity index (χ2n) is 9.28. The van der Waals surface area contributed by atoms with E-state index in [0.29, 0.717) is 49.1 Å². The standard InChI is InChI=1S/C27H24N8O2/c28-13-21-23(19-6-7-20-15-34(32-22(20)12-19)14-17-4-2-1-3-5-17)25-26(29)30-16-31-35(25)24(21)18-8-10-33(11-9-18)27(36)37/h1-7,12,15-16,18H,8-11,14H2,(H,36,37)(H2,29,30,31). The number of carbonyl (C=O) groups is 1. The summed E-state index contributed by atoms with van der Waals surface area (Å²) in [7, 11) is 0. The number of aromatic nitrogens is 5. The highest BCUT2D eigenvalue weighted by molar-refractivity contribution is 5.96. The van der Waals surface area contributed by atoms with Crippen LogP contribution in [-0.4, -0.2) is 53.6 Å². The van der Waals surface area contributed by atoms with Crippen molar-refractivity contribution < 1.29 is 9.90 Å². The summed E-state index contributed by atoms with van der Waals surface area (Å²) >= 11 is 0. The van der Waals surface area contributed by atoms with Crippen LogP contribution in [0.2, 0.25) is 0 Å². The first-order valence-electron chi connectivity index (χ1n) is 12.1. The molecule has 0 bridgehead atoms. The van der Waals surface area contributed by atoms with Crippen LogP contribution in [0.1, 0.15) is 35.6 Å². The molecule has 3 aromatic heterocycles. The predicted molar refractivity (Wildman–Crippen MR) is 138 cm³/mol. The number of likely N-dealkylation sites (tertiary alicyclic amines) is 1. The van der Waals surface area contributed by atoms with Gasteiger partial charge in [-0.05, 0) is 30.0 Å². The van der Waals surface area contributed by atoms with Crippen LogP contribution in [0.5, 0.6) is 0 Å². The number of hydrogen-bond donors (Lipinski definition) is 2. The van der Waals surface area contributed by atoms with Crippen molar-refractivity contribution in [3.05, 3.63) is 77.9 Å². The average Bonchev–Trinajstić information content (AvgIpc) is 3.47. The van der Waals surface area contributed by atoms with E-state index < -0.39 is 6.09 Å². The van der Waals surface area contributed by atoms with Crippen molar-refractivity contribution in [3.8, 4) is 17.2 Å². The van der Waals surface area contributed by atoms with Gasteiger partial charge in [0.05, 0.1) is 23.3 Å². The van der Waals surface area contributed by atoms with Crippen molar-refractivity contribution in [2.24, 2.45) is 0 Å². The summed E-state index contributed by atoms with van der Waals surface area (Å²) in [5.74, 6) is 0.250. The summed E-state index contributed by atoms with van der Waals surface area (Å²) in [5.41, 5.74) is 11.6. The smallest absolute Gasteiger partial charge is 0.407 e. The van der Waals surface area contributed by atoms with Crippen molar-refractivity contribution in [3.63, 3.8) is 0 Å². The number of nitriles is 1. The van der Waals surface area contributed by atoms with Crippen molar-refractivity contribution in [2.75, 3.05) is 18.8 Å². The summed E-state index contributed by atoms with van der Waals surface area (Å²) in [6.07, 6.45) is 3.66. The molecule has 0 atom stereocenters. The maximum absolute atomic E-state index is 11.4. The number of nitrogen functional groups attached to an aromatic ring is 1. The lowest BCUT2D eigenvalue weighted by molar-refractivity contribution is 0.131. The van der Waals surface area contributed by atoms with Gasteiger partial charge in [0, 0.05) is 36.2 Å². The minimum atomic E-state index is -0.925. The van der Waals surface area contributed by atoms with Crippen molar-refractivity contribution >= 4 is 28.3 Å². The largest absolute Gasteiger partial charge is 0.465 e. The Morgan fingerprint density at radius 1 is 1.16 bits per heavy atom. The van der Waals surface area contributed by atoms with E-state index in [2.05, 4.69) is 28.3 Å². The third-order valence-corrected chi connectivity index (χ3v) is 7.08. The molecule has 0 radical (unpaired) electrons. The zero-order valence-electron chi connectivity index (χ0n) is 19.9. The molecule has 1 saturated heterocycles. The number of nitrogens with two attached hydrogens (primary N) is 1. The van der Waals surface area contributed by atoms with Crippen molar-refractivity contribution in [1.29, 1.82) is 5.26 Å². The molecule has 0 saturated carbocycles. The lowest BCUT2D eigenvalue weighted by atomic mass is 9.90. The first-order chi connectivity index (χ1) is 18.0. The molecular formula is C27H24N8O2. The van der Waals surface area contributed by atoms with Gasteiger partial charge >= 0.3 is 6.09 Å². The van der Waals surface area contributed by atoms with E-state index in [0.717, 1.165) is 27.7 Å². The second-order valence-corrected chi connectivity index (χ2v) is 9.28. The quantitative estimate of drug-likeness (QED) is 0.385. The van der Waals surface area contributed by atoms with E-state index in [1.54, 1.807) is 4.52 Å². The lowest BCUT2D eigenvalue weighted by Crippen LogP contribution is -2.37. The fourth-order valence-corrected chi connectivity index (χ4v) is 5.33. The van der Waals surface area contributed by atoms with Gasteiger partial charge in [-0.1, -0.05) is 42.5 Å². The molecule has 3 N–H and O–H groups in total. The number of carboxylic acid groups (broad SMARTS) is 1. The van der Waals surface area contributed by atoms with E-state index in [9.17, 15) is 15.2 Å². The van der Waals surface area contributed by atoms with Crippen LogP contribution >= 0.6 is 0 Å². The van der Waals surface area contributed by atoms with Gasteiger partial charge < -0.3 is 15.7 Å². The molecule has 0 spiro atoms. The van der Waals surface area contributed by atoms with Crippen molar-refractivity contribution in [1.82, 2.24) is 29.3 Å². The third kappa shape index (κ3) is 3.90. The zero-order chi connectivity index (χ0) is 25.5. The number of benzene rings is 2. The molecule has 6 rings (SSSR count). The van der Waals surface area contributed by atoms with E-state index >= 15 is 0 Å². The molecule has 5 aromatic rings. The Morgan fingerprint density at radius 2 is 1.95 bits per heavy atom. The number of anilines is 1. The van der Waals surface area contributed by atoms with Gasteiger partial charge in [-0.3, -0.25) is 4.68 Å². The number of rotatable bonds is 4. The number of fused-ring (bicyclic) bond motifs is 2. The molecule has 2 aromatic carbocycles. The van der Waals surface area contributed by atoms with Gasteiger partial charge in [0.15, 0.2) is 5.82 Å². The van der Waals surface area contributed by atoms with Crippen LogP contribution in [0, 0.1) is 11.3 Å². The summed E-state index contributed by atoms with van der Waals surface area (Å²) in [6, 6.07) is 18.5. The first kappa shape index (κ1) is 22.5. The molecule has 0 aliphatic carbocycles. The minimum Gasteiger partial charge on any atom is -0.465 e. The third-order valence-electron chi connectivity index (χ3n) is 7.08. The number of hydrogen-bond acceptors (Lipinski definition) is 6. The molecule has 0 unspecified atom stereocenters. The lowest BCUT2D eigenvalue weighted by Gasteiger charge is -2.29. The van der Waals surface area contributed by atoms with Crippen LogP contribution in [0.4, 0.5) is 10.6 Å². The van der Waals surface area contributed by atoms with E-state index in [1.165, 1.54) is 11.2 Å². The summed E-state index contributed by atoms with van der Waals surface area (Å²) in [4.78, 5) is 17.0. The Balaban J connectivity index is 1.45. The minimum absolute atomic E-state index is 0.0328. The van der Waals surface area contributed by atoms with Crippen LogP contribution in [0.3, 0.4) is 0 Å². The molecule has 1 amide bonds. The molecule has 184 valence electrons. The molecule has 1 fully saturated rings. The van der Waals surface area contributed by atoms with Gasteiger partial charge in [0.2, 0.25) is 0 Å². The summed E-state index contributed by atoms with van der Waals surface area (Å²) in [6.45, 7) is 1.46. The summed E-state index contributed by atoms with van der Waals surface area (Å²) < 4.78 is 3.63. The predicted octanol–water partition coefficient (Wildman–Crippen LogP) is 4.11. The highest BCUT2D eigenvalue weighted by atomic mass is 16.4. The second kappa shape index (κ2) is 8.95. The van der Waals surface area contributed by atoms with Crippen LogP contribution < -0.4 is 5.73 Å². The topological polar surface area (TPSA) is 138 Å². The van der Waals surface area contributed by atoms with Crippen LogP contribution in [-0.2, 0) is 6.54 Å². The van der Waals surface area contributed by atoms with E-state index in [-0.39, 0.29) is 11.7 Å². The van der Waals surface area contributed by atoms with Gasteiger partial charge in [0.25, 0.3) is 0 Å². The van der Waals surface area contributed by atoms with Crippen LogP contribution in [0.15, 0.2) is 61.1 Å². The molecule has 1 aliphatic rings. The molecule has 10 heteroatoms. The molecular weight excluding hydrogens is 468 g/mol. The van der Waals surface area contributed by atoms with Gasteiger partial charge in [-0.2, -0.15) is 15.5 Å². The molecule has 1 aliphatic heterocycles. The number of amides is 1.